The van der Waals surface area contributed by atoms with Crippen molar-refractivity contribution in [1.82, 2.24) is 14.9 Å². The van der Waals surface area contributed by atoms with Crippen LogP contribution in [0.25, 0.3) is 0 Å². The van der Waals surface area contributed by atoms with E-state index in [0.29, 0.717) is 24.5 Å². The quantitative estimate of drug-likeness (QED) is 0.756. The lowest BCUT2D eigenvalue weighted by Crippen LogP contribution is -2.32. The fraction of sp³-hybridized carbons (Fsp3) is 0.545. The molecule has 4 nitrogen and oxygen atoms in total. The molecule has 0 atom stereocenters. The number of aryl methyl sites for hydroxylation is 2. The SMILES string of the molecule is CCN(CC)C(=O)c1nc(C)cnc1C. The standard InChI is InChI=1S/C11H17N3O/c1-5-14(6-2)11(15)10-9(4)12-7-8(3)13-10/h7H,5-6H2,1-4H3. The van der Waals surface area contributed by atoms with Crippen LogP contribution in [-0.2, 0) is 0 Å². The second-order valence-electron chi connectivity index (χ2n) is 3.42. The van der Waals surface area contributed by atoms with E-state index in [1.54, 1.807) is 11.1 Å². The van der Waals surface area contributed by atoms with Gasteiger partial charge in [0.2, 0.25) is 0 Å². The molecule has 0 aliphatic rings. The van der Waals surface area contributed by atoms with Crippen LogP contribution in [0.15, 0.2) is 6.20 Å². The van der Waals surface area contributed by atoms with E-state index in [2.05, 4.69) is 9.97 Å². The topological polar surface area (TPSA) is 46.1 Å². The predicted octanol–water partition coefficient (Wildman–Crippen LogP) is 1.58. The number of carbonyl (C=O) groups is 1. The Morgan fingerprint density at radius 2 is 1.93 bits per heavy atom. The molecule has 0 aromatic carbocycles. The van der Waals surface area contributed by atoms with E-state index in [1.165, 1.54) is 0 Å². The third-order valence-electron chi connectivity index (χ3n) is 2.33. The normalized spacial score (nSPS) is 10.1. The van der Waals surface area contributed by atoms with Crippen LogP contribution >= 0.6 is 0 Å². The van der Waals surface area contributed by atoms with Gasteiger partial charge < -0.3 is 4.90 Å². The number of rotatable bonds is 3. The third kappa shape index (κ3) is 2.52. The summed E-state index contributed by atoms with van der Waals surface area (Å²) in [5.41, 5.74) is 1.94. The fourth-order valence-corrected chi connectivity index (χ4v) is 1.40. The molecule has 1 aromatic rings. The van der Waals surface area contributed by atoms with E-state index in [1.807, 2.05) is 27.7 Å². The molecule has 0 spiro atoms. The summed E-state index contributed by atoms with van der Waals surface area (Å²) in [6.07, 6.45) is 1.67. The molecule has 1 aromatic heterocycles. The molecule has 1 heterocycles. The summed E-state index contributed by atoms with van der Waals surface area (Å²) in [4.78, 5) is 22.1. The van der Waals surface area contributed by atoms with Crippen LogP contribution in [0.1, 0.15) is 35.7 Å². The van der Waals surface area contributed by atoms with Gasteiger partial charge in [-0.1, -0.05) is 0 Å². The monoisotopic (exact) mass is 207 g/mol. The van der Waals surface area contributed by atoms with Gasteiger partial charge >= 0.3 is 0 Å². The summed E-state index contributed by atoms with van der Waals surface area (Å²) in [6.45, 7) is 8.96. The van der Waals surface area contributed by atoms with Gasteiger partial charge in [-0.3, -0.25) is 9.78 Å². The van der Waals surface area contributed by atoms with Crippen LogP contribution in [0.5, 0.6) is 0 Å². The molecule has 0 radical (unpaired) electrons. The Bertz CT molecular complexity index is 359. The summed E-state index contributed by atoms with van der Waals surface area (Å²) < 4.78 is 0. The van der Waals surface area contributed by atoms with Gasteiger partial charge in [0.25, 0.3) is 5.91 Å². The molecule has 82 valence electrons. The molecule has 0 saturated carbocycles. The number of hydrogen-bond acceptors (Lipinski definition) is 3. The highest BCUT2D eigenvalue weighted by molar-refractivity contribution is 5.93. The number of aromatic nitrogens is 2. The van der Waals surface area contributed by atoms with Gasteiger partial charge in [0.05, 0.1) is 11.4 Å². The van der Waals surface area contributed by atoms with Crippen molar-refractivity contribution >= 4 is 5.91 Å². The van der Waals surface area contributed by atoms with Gasteiger partial charge in [-0.25, -0.2) is 4.98 Å². The molecule has 1 amide bonds. The Morgan fingerprint density at radius 1 is 1.33 bits per heavy atom. The average molecular weight is 207 g/mol. The summed E-state index contributed by atoms with van der Waals surface area (Å²) >= 11 is 0. The molecule has 0 aliphatic carbocycles. The summed E-state index contributed by atoms with van der Waals surface area (Å²) in [7, 11) is 0. The van der Waals surface area contributed by atoms with Crippen molar-refractivity contribution in [1.29, 1.82) is 0 Å². The van der Waals surface area contributed by atoms with Crippen LogP contribution in [0, 0.1) is 13.8 Å². The second kappa shape index (κ2) is 4.87. The van der Waals surface area contributed by atoms with Gasteiger partial charge in [0.15, 0.2) is 0 Å². The molecule has 15 heavy (non-hydrogen) atoms. The molecule has 1 rings (SSSR count). The molecule has 0 unspecified atom stereocenters. The van der Waals surface area contributed by atoms with Crippen molar-refractivity contribution in [2.24, 2.45) is 0 Å². The lowest BCUT2D eigenvalue weighted by molar-refractivity contribution is 0.0765. The Hall–Kier alpha value is -1.45. The van der Waals surface area contributed by atoms with Crippen molar-refractivity contribution in [2.75, 3.05) is 13.1 Å². The highest BCUT2D eigenvalue weighted by Gasteiger charge is 2.17. The van der Waals surface area contributed by atoms with E-state index in [4.69, 9.17) is 0 Å². The minimum Gasteiger partial charge on any atom is -0.338 e. The van der Waals surface area contributed by atoms with Crippen molar-refractivity contribution in [3.63, 3.8) is 0 Å². The first-order valence-electron chi connectivity index (χ1n) is 5.19. The Kier molecular flexibility index (Phi) is 3.77. The Morgan fingerprint density at radius 3 is 2.47 bits per heavy atom. The van der Waals surface area contributed by atoms with Crippen molar-refractivity contribution in [2.45, 2.75) is 27.7 Å². The van der Waals surface area contributed by atoms with Gasteiger partial charge in [-0.05, 0) is 27.7 Å². The first-order valence-corrected chi connectivity index (χ1v) is 5.19. The Balaban J connectivity index is 3.04. The molecule has 0 saturated heterocycles. The second-order valence-corrected chi connectivity index (χ2v) is 3.42. The highest BCUT2D eigenvalue weighted by atomic mass is 16.2. The van der Waals surface area contributed by atoms with Crippen molar-refractivity contribution in [3.8, 4) is 0 Å². The summed E-state index contributed by atoms with van der Waals surface area (Å²) in [5.74, 6) is -0.0336. The molecule has 4 heteroatoms. The lowest BCUT2D eigenvalue weighted by Gasteiger charge is -2.18. The van der Waals surface area contributed by atoms with Crippen LogP contribution in [-0.4, -0.2) is 33.9 Å². The maximum Gasteiger partial charge on any atom is 0.274 e. The lowest BCUT2D eigenvalue weighted by atomic mass is 10.2. The first kappa shape index (κ1) is 11.6. The van der Waals surface area contributed by atoms with Crippen LogP contribution in [0.3, 0.4) is 0 Å². The number of nitrogens with zero attached hydrogens (tertiary/aromatic N) is 3. The maximum atomic E-state index is 12.0. The van der Waals surface area contributed by atoms with Gasteiger partial charge in [-0.15, -0.1) is 0 Å². The largest absolute Gasteiger partial charge is 0.338 e. The maximum absolute atomic E-state index is 12.0. The van der Waals surface area contributed by atoms with Crippen molar-refractivity contribution < 1.29 is 4.79 Å². The van der Waals surface area contributed by atoms with Gasteiger partial charge in [0.1, 0.15) is 5.69 Å². The average Bonchev–Trinajstić information content (AvgIpc) is 2.23. The van der Waals surface area contributed by atoms with Crippen LogP contribution in [0.2, 0.25) is 0 Å². The van der Waals surface area contributed by atoms with Crippen molar-refractivity contribution in [3.05, 3.63) is 23.3 Å². The van der Waals surface area contributed by atoms with Gasteiger partial charge in [-0.2, -0.15) is 0 Å². The summed E-state index contributed by atoms with van der Waals surface area (Å²) in [5, 5.41) is 0. The molecule has 0 fully saturated rings. The van der Waals surface area contributed by atoms with E-state index in [-0.39, 0.29) is 5.91 Å². The van der Waals surface area contributed by atoms with E-state index in [9.17, 15) is 4.79 Å². The zero-order valence-electron chi connectivity index (χ0n) is 9.74. The number of hydrogen-bond donors (Lipinski definition) is 0. The zero-order valence-corrected chi connectivity index (χ0v) is 9.74. The smallest absolute Gasteiger partial charge is 0.274 e. The van der Waals surface area contributed by atoms with E-state index in [0.717, 1.165) is 5.69 Å². The molecular formula is C11H17N3O. The minimum absolute atomic E-state index is 0.0336. The van der Waals surface area contributed by atoms with Crippen LogP contribution in [0.4, 0.5) is 0 Å². The molecule has 0 bridgehead atoms. The molecule has 0 N–H and O–H groups in total. The highest BCUT2D eigenvalue weighted by Crippen LogP contribution is 2.06. The summed E-state index contributed by atoms with van der Waals surface area (Å²) in [6, 6.07) is 0. The van der Waals surface area contributed by atoms with E-state index >= 15 is 0 Å². The predicted molar refractivity (Wildman–Crippen MR) is 58.8 cm³/mol. The Labute approximate surface area is 90.3 Å². The molecule has 0 aliphatic heterocycles. The van der Waals surface area contributed by atoms with Crippen LogP contribution < -0.4 is 0 Å². The zero-order chi connectivity index (χ0) is 11.4. The minimum atomic E-state index is -0.0336. The first-order chi connectivity index (χ1) is 7.10. The van der Waals surface area contributed by atoms with E-state index < -0.39 is 0 Å². The fourth-order valence-electron chi connectivity index (χ4n) is 1.40. The molecular weight excluding hydrogens is 190 g/mol. The number of amides is 1. The third-order valence-corrected chi connectivity index (χ3v) is 2.33. The number of carbonyl (C=O) groups excluding carboxylic acids is 1. The van der Waals surface area contributed by atoms with Gasteiger partial charge in [0, 0.05) is 19.3 Å².